The van der Waals surface area contributed by atoms with Crippen molar-refractivity contribution < 1.29 is 13.6 Å². The molecular weight excluding hydrogens is 316 g/mol. The van der Waals surface area contributed by atoms with Gasteiger partial charge in [-0.1, -0.05) is 0 Å². The maximum atomic E-state index is 13.8. The van der Waals surface area contributed by atoms with Crippen molar-refractivity contribution >= 4 is 5.91 Å². The predicted octanol–water partition coefficient (Wildman–Crippen LogP) is 0.755. The zero-order chi connectivity index (χ0) is 17.3. The Kier molecular flexibility index (Phi) is 4.87. The van der Waals surface area contributed by atoms with Gasteiger partial charge in [-0.2, -0.15) is 5.10 Å². The first-order chi connectivity index (χ1) is 11.3. The molecule has 8 heteroatoms. The largest absolute Gasteiger partial charge is 0.339 e. The third-order valence-corrected chi connectivity index (χ3v) is 4.79. The molecule has 2 fully saturated rings. The van der Waals surface area contributed by atoms with E-state index in [-0.39, 0.29) is 31.0 Å². The number of carbonyl (C=O) groups is 1. The van der Waals surface area contributed by atoms with Gasteiger partial charge in [0.05, 0.1) is 6.54 Å². The third-order valence-electron chi connectivity index (χ3n) is 4.79. The minimum atomic E-state index is -2.62. The minimum absolute atomic E-state index is 0.0528. The molecule has 1 aromatic heterocycles. The van der Waals surface area contributed by atoms with E-state index in [1.54, 1.807) is 15.8 Å². The molecule has 0 saturated carbocycles. The number of rotatable bonds is 6. The van der Waals surface area contributed by atoms with Crippen LogP contribution in [-0.4, -0.2) is 88.7 Å². The summed E-state index contributed by atoms with van der Waals surface area (Å²) in [4.78, 5) is 17.8. The number of aryl methyl sites for hydroxylation is 1. The fourth-order valence-corrected chi connectivity index (χ4v) is 3.61. The van der Waals surface area contributed by atoms with Crippen LogP contribution in [0, 0.1) is 0 Å². The van der Waals surface area contributed by atoms with Gasteiger partial charge < -0.3 is 9.80 Å². The summed E-state index contributed by atoms with van der Waals surface area (Å²) >= 11 is 0. The zero-order valence-corrected chi connectivity index (χ0v) is 14.2. The second kappa shape index (κ2) is 6.76. The number of aromatic nitrogens is 2. The standard InChI is InChI=1S/C16H25F2N5O/c1-20(2)9-13-8-16(17,18)12-23(13)14-10-21(11-14)15(24)4-7-22-6-3-5-19-22/h3,5-6,13-14H,4,7-12H2,1-2H3/t13-/m0/s1. The number of nitrogens with zero attached hydrogens (tertiary/aromatic N) is 5. The summed E-state index contributed by atoms with van der Waals surface area (Å²) in [6.07, 6.45) is 3.81. The minimum Gasteiger partial charge on any atom is -0.339 e. The van der Waals surface area contributed by atoms with Gasteiger partial charge in [0.1, 0.15) is 0 Å². The van der Waals surface area contributed by atoms with Crippen molar-refractivity contribution in [1.82, 2.24) is 24.5 Å². The maximum Gasteiger partial charge on any atom is 0.262 e. The van der Waals surface area contributed by atoms with Crippen LogP contribution in [0.3, 0.4) is 0 Å². The summed E-state index contributed by atoms with van der Waals surface area (Å²) in [7, 11) is 3.81. The highest BCUT2D eigenvalue weighted by molar-refractivity contribution is 5.77. The molecule has 0 aromatic carbocycles. The Morgan fingerprint density at radius 2 is 2.12 bits per heavy atom. The van der Waals surface area contributed by atoms with Gasteiger partial charge in [0, 0.05) is 63.5 Å². The summed E-state index contributed by atoms with van der Waals surface area (Å²) in [6.45, 7) is 2.10. The highest BCUT2D eigenvalue weighted by Gasteiger charge is 2.50. The van der Waals surface area contributed by atoms with E-state index in [2.05, 4.69) is 5.10 Å². The number of likely N-dealkylation sites (N-methyl/N-ethyl adjacent to an activating group) is 1. The Hall–Kier alpha value is -1.54. The molecule has 6 nitrogen and oxygen atoms in total. The van der Waals surface area contributed by atoms with Crippen LogP contribution in [0.15, 0.2) is 18.5 Å². The van der Waals surface area contributed by atoms with E-state index in [0.717, 1.165) is 0 Å². The van der Waals surface area contributed by atoms with Crippen LogP contribution in [0.5, 0.6) is 0 Å². The van der Waals surface area contributed by atoms with E-state index < -0.39 is 5.92 Å². The lowest BCUT2D eigenvalue weighted by Crippen LogP contribution is -2.63. The molecule has 0 aliphatic carbocycles. The van der Waals surface area contributed by atoms with Gasteiger partial charge in [-0.15, -0.1) is 0 Å². The SMILES string of the molecule is CN(C)C[C@@H]1CC(F)(F)CN1C1CN(C(=O)CCn2cccn2)C1. The number of alkyl halides is 2. The molecule has 3 heterocycles. The highest BCUT2D eigenvalue weighted by Crippen LogP contribution is 2.35. The van der Waals surface area contributed by atoms with E-state index in [4.69, 9.17) is 0 Å². The topological polar surface area (TPSA) is 44.6 Å². The molecule has 1 atom stereocenters. The van der Waals surface area contributed by atoms with E-state index >= 15 is 0 Å². The van der Waals surface area contributed by atoms with Crippen molar-refractivity contribution in [3.63, 3.8) is 0 Å². The van der Waals surface area contributed by atoms with Gasteiger partial charge in [-0.3, -0.25) is 14.4 Å². The van der Waals surface area contributed by atoms with Crippen molar-refractivity contribution in [3.05, 3.63) is 18.5 Å². The van der Waals surface area contributed by atoms with Gasteiger partial charge in [0.25, 0.3) is 5.92 Å². The lowest BCUT2D eigenvalue weighted by Gasteiger charge is -2.46. The first kappa shape index (κ1) is 17.3. The van der Waals surface area contributed by atoms with Crippen LogP contribution in [0.2, 0.25) is 0 Å². The number of halogens is 2. The number of hydrogen-bond donors (Lipinski definition) is 0. The number of carbonyl (C=O) groups excluding carboxylic acids is 1. The average Bonchev–Trinajstić information content (AvgIpc) is 3.02. The molecule has 134 valence electrons. The van der Waals surface area contributed by atoms with E-state index in [9.17, 15) is 13.6 Å². The Morgan fingerprint density at radius 3 is 2.75 bits per heavy atom. The summed E-state index contributed by atoms with van der Waals surface area (Å²) in [5.41, 5.74) is 0. The van der Waals surface area contributed by atoms with E-state index in [1.165, 1.54) is 0 Å². The second-order valence-electron chi connectivity index (χ2n) is 7.12. The molecule has 2 saturated heterocycles. The van der Waals surface area contributed by atoms with Crippen LogP contribution in [-0.2, 0) is 11.3 Å². The van der Waals surface area contributed by atoms with Crippen molar-refractivity contribution in [3.8, 4) is 0 Å². The number of likely N-dealkylation sites (tertiary alicyclic amines) is 2. The zero-order valence-electron chi connectivity index (χ0n) is 14.2. The van der Waals surface area contributed by atoms with Crippen LogP contribution in [0.4, 0.5) is 8.78 Å². The van der Waals surface area contributed by atoms with E-state index in [0.29, 0.717) is 32.6 Å². The quantitative estimate of drug-likeness (QED) is 0.766. The second-order valence-corrected chi connectivity index (χ2v) is 7.12. The van der Waals surface area contributed by atoms with Crippen LogP contribution >= 0.6 is 0 Å². The monoisotopic (exact) mass is 341 g/mol. The number of amides is 1. The van der Waals surface area contributed by atoms with Crippen molar-refractivity contribution in [2.24, 2.45) is 0 Å². The molecule has 0 unspecified atom stereocenters. The fourth-order valence-electron chi connectivity index (χ4n) is 3.61. The molecule has 0 N–H and O–H groups in total. The van der Waals surface area contributed by atoms with Crippen molar-refractivity contribution in [2.75, 3.05) is 40.3 Å². The van der Waals surface area contributed by atoms with Gasteiger partial charge in [0.2, 0.25) is 5.91 Å². The molecule has 1 amide bonds. The van der Waals surface area contributed by atoms with Crippen molar-refractivity contribution in [2.45, 2.75) is 37.4 Å². The average molecular weight is 341 g/mol. The molecular formula is C16H25F2N5O. The van der Waals surface area contributed by atoms with Crippen molar-refractivity contribution in [1.29, 1.82) is 0 Å². The molecule has 2 aliphatic heterocycles. The molecule has 3 rings (SSSR count). The Balaban J connectivity index is 1.48. The predicted molar refractivity (Wildman–Crippen MR) is 85.8 cm³/mol. The Morgan fingerprint density at radius 1 is 1.38 bits per heavy atom. The highest BCUT2D eigenvalue weighted by atomic mass is 19.3. The fraction of sp³-hybridized carbons (Fsp3) is 0.750. The molecule has 0 radical (unpaired) electrons. The lowest BCUT2D eigenvalue weighted by molar-refractivity contribution is -0.139. The van der Waals surface area contributed by atoms with Gasteiger partial charge in [-0.25, -0.2) is 8.78 Å². The van der Waals surface area contributed by atoms with Crippen LogP contribution in [0.1, 0.15) is 12.8 Å². The normalized spacial score (nSPS) is 24.5. The molecule has 2 aliphatic rings. The van der Waals surface area contributed by atoms with E-state index in [1.807, 2.05) is 36.2 Å². The summed E-state index contributed by atoms with van der Waals surface area (Å²) in [5.74, 6) is -2.55. The first-order valence-corrected chi connectivity index (χ1v) is 8.37. The van der Waals surface area contributed by atoms with Gasteiger partial charge in [0.15, 0.2) is 0 Å². The molecule has 0 bridgehead atoms. The summed E-state index contributed by atoms with van der Waals surface area (Å²) in [5, 5.41) is 4.07. The molecule has 0 spiro atoms. The number of hydrogen-bond acceptors (Lipinski definition) is 4. The first-order valence-electron chi connectivity index (χ1n) is 8.37. The third kappa shape index (κ3) is 3.92. The summed E-state index contributed by atoms with van der Waals surface area (Å²) < 4.78 is 29.3. The maximum absolute atomic E-state index is 13.8. The van der Waals surface area contributed by atoms with Crippen LogP contribution < -0.4 is 0 Å². The smallest absolute Gasteiger partial charge is 0.262 e. The molecule has 1 aromatic rings. The van der Waals surface area contributed by atoms with Crippen LogP contribution in [0.25, 0.3) is 0 Å². The Bertz CT molecular complexity index is 557. The van der Waals surface area contributed by atoms with Gasteiger partial charge in [-0.05, 0) is 20.2 Å². The summed E-state index contributed by atoms with van der Waals surface area (Å²) in [6, 6.07) is 1.74. The lowest BCUT2D eigenvalue weighted by atomic mass is 10.0. The van der Waals surface area contributed by atoms with Gasteiger partial charge >= 0.3 is 0 Å². The molecule has 24 heavy (non-hydrogen) atoms. The Labute approximate surface area is 141 Å².